The van der Waals surface area contributed by atoms with E-state index in [-0.39, 0.29) is 11.7 Å². The van der Waals surface area contributed by atoms with Gasteiger partial charge in [-0.1, -0.05) is 59.9 Å². The van der Waals surface area contributed by atoms with Crippen molar-refractivity contribution in [1.29, 1.82) is 0 Å². The molecule has 1 aromatic carbocycles. The van der Waals surface area contributed by atoms with Gasteiger partial charge in [-0.3, -0.25) is 9.59 Å². The highest BCUT2D eigenvalue weighted by Crippen LogP contribution is 2.72. The number of anilines is 1. The third-order valence-corrected chi connectivity index (χ3v) is 7.88. The molecule has 0 spiro atoms. The van der Waals surface area contributed by atoms with E-state index in [9.17, 15) is 9.59 Å². The predicted molar refractivity (Wildman–Crippen MR) is 96.4 cm³/mol. The quantitative estimate of drug-likeness (QED) is 0.679. The van der Waals surface area contributed by atoms with Crippen LogP contribution in [0.15, 0.2) is 18.2 Å². The molecule has 2 aliphatic rings. The van der Waals surface area contributed by atoms with E-state index in [0.29, 0.717) is 22.2 Å². The molecule has 2 fully saturated rings. The molecule has 1 aromatic rings. The molecule has 0 heterocycles. The van der Waals surface area contributed by atoms with E-state index < -0.39 is 21.1 Å². The van der Waals surface area contributed by atoms with Crippen LogP contribution in [0.5, 0.6) is 0 Å². The van der Waals surface area contributed by atoms with Crippen molar-refractivity contribution in [2.75, 3.05) is 5.32 Å². The summed E-state index contributed by atoms with van der Waals surface area (Å²) in [6.45, 7) is 6.01. The van der Waals surface area contributed by atoms with Gasteiger partial charge in [0, 0.05) is 21.1 Å². The first-order valence-corrected chi connectivity index (χ1v) is 9.19. The van der Waals surface area contributed by atoms with Gasteiger partial charge in [-0.05, 0) is 36.5 Å². The van der Waals surface area contributed by atoms with Crippen LogP contribution in [-0.4, -0.2) is 16.5 Å². The number of nitrogens with one attached hydrogen (secondary N) is 1. The summed E-state index contributed by atoms with van der Waals surface area (Å²) in [5.41, 5.74) is -1.14. The van der Waals surface area contributed by atoms with E-state index in [2.05, 4.69) is 21.2 Å². The molecule has 0 aliphatic heterocycles. The van der Waals surface area contributed by atoms with Gasteiger partial charge in [-0.15, -0.1) is 0 Å². The smallest absolute Gasteiger partial charge is 0.232 e. The molecule has 3 rings (SSSR count). The van der Waals surface area contributed by atoms with Crippen LogP contribution in [0.25, 0.3) is 0 Å². The van der Waals surface area contributed by atoms with Crippen LogP contribution in [0.3, 0.4) is 0 Å². The Morgan fingerprint density at radius 2 is 1.74 bits per heavy atom. The molecule has 3 nitrogen and oxygen atoms in total. The number of hydrogen-bond acceptors (Lipinski definition) is 2. The van der Waals surface area contributed by atoms with Crippen molar-refractivity contribution in [3.8, 4) is 0 Å². The third kappa shape index (κ3) is 2.07. The fraction of sp³-hybridized carbons (Fsp3) is 0.529. The monoisotopic (exact) mass is 417 g/mol. The number of Topliss-reactive ketones (excluding diaryl/α,β-unsaturated/α-hetero) is 1. The zero-order valence-electron chi connectivity index (χ0n) is 13.2. The summed E-state index contributed by atoms with van der Waals surface area (Å²) < 4.78 is 0. The molecule has 3 atom stereocenters. The molecule has 0 saturated heterocycles. The Kier molecular flexibility index (Phi) is 3.90. The van der Waals surface area contributed by atoms with E-state index in [1.807, 2.05) is 20.8 Å². The average Bonchev–Trinajstić information content (AvgIpc) is 2.70. The number of ketones is 1. The van der Waals surface area contributed by atoms with Crippen molar-refractivity contribution in [1.82, 2.24) is 0 Å². The van der Waals surface area contributed by atoms with Gasteiger partial charge in [0.2, 0.25) is 5.91 Å². The van der Waals surface area contributed by atoms with Crippen molar-refractivity contribution >= 4 is 56.5 Å². The molecule has 124 valence electrons. The van der Waals surface area contributed by atoms with Crippen LogP contribution in [-0.2, 0) is 9.59 Å². The van der Waals surface area contributed by atoms with E-state index in [1.165, 1.54) is 0 Å². The van der Waals surface area contributed by atoms with Gasteiger partial charge in [-0.2, -0.15) is 0 Å². The maximum atomic E-state index is 13.2. The van der Waals surface area contributed by atoms with E-state index in [1.54, 1.807) is 18.2 Å². The van der Waals surface area contributed by atoms with Gasteiger partial charge in [0.05, 0.1) is 10.2 Å². The average molecular weight is 419 g/mol. The molecule has 6 heteroatoms. The minimum absolute atomic E-state index is 0.119. The summed E-state index contributed by atoms with van der Waals surface area (Å²) in [5, 5.41) is 3.83. The maximum Gasteiger partial charge on any atom is 0.232 e. The van der Waals surface area contributed by atoms with E-state index in [0.717, 1.165) is 6.42 Å². The SMILES string of the molecule is CC12CCC(C(=O)Nc3cc(Cl)cc(Cl)c3)(C(Br)C1=O)C2(C)C. The van der Waals surface area contributed by atoms with Gasteiger partial charge in [0.25, 0.3) is 0 Å². The van der Waals surface area contributed by atoms with Gasteiger partial charge < -0.3 is 5.32 Å². The molecule has 2 aliphatic carbocycles. The Bertz CT molecular complexity index is 700. The number of carbonyl (C=O) groups excluding carboxylic acids is 2. The Labute approximate surface area is 154 Å². The highest BCUT2D eigenvalue weighted by atomic mass is 79.9. The van der Waals surface area contributed by atoms with Crippen LogP contribution in [0.1, 0.15) is 33.6 Å². The number of amides is 1. The second-order valence-electron chi connectivity index (χ2n) is 7.27. The fourth-order valence-electron chi connectivity index (χ4n) is 4.32. The van der Waals surface area contributed by atoms with Crippen LogP contribution in [0.2, 0.25) is 10.0 Å². The largest absolute Gasteiger partial charge is 0.325 e. The fourth-order valence-corrected chi connectivity index (χ4v) is 6.36. The molecule has 1 N–H and O–H groups in total. The third-order valence-electron chi connectivity index (χ3n) is 6.25. The molecule has 2 bridgehead atoms. The Hall–Kier alpha value is -0.580. The summed E-state index contributed by atoms with van der Waals surface area (Å²) in [4.78, 5) is 25.4. The molecule has 2 saturated carbocycles. The van der Waals surface area contributed by atoms with E-state index in [4.69, 9.17) is 23.2 Å². The first-order chi connectivity index (χ1) is 10.6. The lowest BCUT2D eigenvalue weighted by molar-refractivity contribution is -0.130. The number of hydrogen-bond donors (Lipinski definition) is 1. The van der Waals surface area contributed by atoms with Crippen LogP contribution in [0, 0.1) is 16.2 Å². The number of carbonyl (C=O) groups is 2. The second-order valence-corrected chi connectivity index (χ2v) is 9.06. The zero-order valence-corrected chi connectivity index (χ0v) is 16.3. The number of rotatable bonds is 2. The lowest BCUT2D eigenvalue weighted by Gasteiger charge is -2.39. The maximum absolute atomic E-state index is 13.2. The Morgan fingerprint density at radius 1 is 1.17 bits per heavy atom. The van der Waals surface area contributed by atoms with E-state index >= 15 is 0 Å². The van der Waals surface area contributed by atoms with Crippen LogP contribution >= 0.6 is 39.1 Å². The zero-order chi connectivity index (χ0) is 17.2. The number of fused-ring (bicyclic) bond motifs is 2. The van der Waals surface area contributed by atoms with Crippen LogP contribution in [0.4, 0.5) is 5.69 Å². The molecular formula is C17H18BrCl2NO2. The molecule has 3 unspecified atom stereocenters. The van der Waals surface area contributed by atoms with Crippen molar-refractivity contribution in [2.45, 2.75) is 38.4 Å². The highest BCUT2D eigenvalue weighted by Gasteiger charge is 2.76. The summed E-state index contributed by atoms with van der Waals surface area (Å²) in [5.74, 6) is -0.0368. The molecule has 0 radical (unpaired) electrons. The van der Waals surface area contributed by atoms with Crippen molar-refractivity contribution in [3.63, 3.8) is 0 Å². The highest BCUT2D eigenvalue weighted by molar-refractivity contribution is 9.10. The topological polar surface area (TPSA) is 46.2 Å². The predicted octanol–water partition coefficient (Wildman–Crippen LogP) is 5.09. The lowest BCUT2D eigenvalue weighted by atomic mass is 9.64. The van der Waals surface area contributed by atoms with Crippen molar-refractivity contribution < 1.29 is 9.59 Å². The summed E-state index contributed by atoms with van der Waals surface area (Å²) in [7, 11) is 0. The summed E-state index contributed by atoms with van der Waals surface area (Å²) in [6, 6.07) is 4.92. The standard InChI is InChI=1S/C17H18BrCl2NO2/c1-15(2)16(3)4-5-17(15,12(18)13(16)22)14(23)21-11-7-9(19)6-10(20)8-11/h6-8,12H,4-5H2,1-3H3,(H,21,23). The van der Waals surface area contributed by atoms with Crippen molar-refractivity contribution in [2.24, 2.45) is 16.2 Å². The number of benzene rings is 1. The summed E-state index contributed by atoms with van der Waals surface area (Å²) in [6.07, 6.45) is 1.41. The Morgan fingerprint density at radius 3 is 2.22 bits per heavy atom. The van der Waals surface area contributed by atoms with Crippen LogP contribution < -0.4 is 5.32 Å². The lowest BCUT2D eigenvalue weighted by Crippen LogP contribution is -2.47. The van der Waals surface area contributed by atoms with Crippen molar-refractivity contribution in [3.05, 3.63) is 28.2 Å². The minimum Gasteiger partial charge on any atom is -0.325 e. The second kappa shape index (κ2) is 5.21. The normalized spacial score (nSPS) is 34.7. The first-order valence-electron chi connectivity index (χ1n) is 7.52. The van der Waals surface area contributed by atoms with Gasteiger partial charge in [0.1, 0.15) is 0 Å². The first kappa shape index (κ1) is 17.2. The minimum atomic E-state index is -0.770. The van der Waals surface area contributed by atoms with Gasteiger partial charge in [-0.25, -0.2) is 0 Å². The molecule has 0 aromatic heterocycles. The molecule has 23 heavy (non-hydrogen) atoms. The number of alkyl halides is 1. The van der Waals surface area contributed by atoms with Gasteiger partial charge >= 0.3 is 0 Å². The number of halogens is 3. The molecule has 1 amide bonds. The van der Waals surface area contributed by atoms with Gasteiger partial charge in [0.15, 0.2) is 5.78 Å². The summed E-state index contributed by atoms with van der Waals surface area (Å²) >= 11 is 15.5. The Balaban J connectivity index is 2.00. The molecular weight excluding hydrogens is 401 g/mol.